The molecule has 0 aromatic heterocycles. The fourth-order valence-corrected chi connectivity index (χ4v) is 1.53. The zero-order valence-corrected chi connectivity index (χ0v) is 10.8. The average Bonchev–Trinajstić information content (AvgIpc) is 2.07. The van der Waals surface area contributed by atoms with E-state index in [0.29, 0.717) is 6.42 Å². The molecule has 0 aromatic carbocycles. The Morgan fingerprint density at radius 2 is 1.88 bits per heavy atom. The lowest BCUT2D eigenvalue weighted by Gasteiger charge is -2.25. The minimum atomic E-state index is -3.45. The number of nitrogens with two attached hydrogens (primary N) is 2. The molecule has 0 fully saturated rings. The second-order valence-electron chi connectivity index (χ2n) is 4.86. The highest BCUT2D eigenvalue weighted by Crippen LogP contribution is 2.16. The van der Waals surface area contributed by atoms with Gasteiger partial charge in [0.25, 0.3) is 0 Å². The predicted octanol–water partition coefficient (Wildman–Crippen LogP) is -0.845. The molecule has 0 spiro atoms. The largest absolute Gasteiger partial charge is 0.355 e. The molecule has 1 amide bonds. The number of carbonyl (C=O) groups is 1. The Morgan fingerprint density at radius 3 is 2.25 bits per heavy atom. The summed E-state index contributed by atoms with van der Waals surface area (Å²) in [7, 11) is -3.45. The van der Waals surface area contributed by atoms with E-state index in [1.165, 1.54) is 0 Å². The molecule has 7 heteroatoms. The Balaban J connectivity index is 3.92. The van der Waals surface area contributed by atoms with Crippen LogP contribution in [-0.4, -0.2) is 32.7 Å². The molecule has 96 valence electrons. The highest BCUT2D eigenvalue weighted by molar-refractivity contribution is 7.89. The van der Waals surface area contributed by atoms with Gasteiger partial charge in [-0.25, -0.2) is 13.6 Å². The monoisotopic (exact) mass is 251 g/mol. The van der Waals surface area contributed by atoms with E-state index in [9.17, 15) is 13.2 Å². The van der Waals surface area contributed by atoms with Crippen LogP contribution in [0, 0.1) is 5.41 Å². The van der Waals surface area contributed by atoms with E-state index in [4.69, 9.17) is 10.9 Å². The van der Waals surface area contributed by atoms with E-state index in [1.54, 1.807) is 0 Å². The summed E-state index contributed by atoms with van der Waals surface area (Å²) in [6.07, 6.45) is 0.293. The van der Waals surface area contributed by atoms with Gasteiger partial charge >= 0.3 is 0 Å². The second kappa shape index (κ2) is 5.60. The molecule has 0 saturated heterocycles. The minimum Gasteiger partial charge on any atom is -0.355 e. The molecule has 0 bridgehead atoms. The van der Waals surface area contributed by atoms with Crippen molar-refractivity contribution >= 4 is 15.9 Å². The third-order valence-corrected chi connectivity index (χ3v) is 2.98. The van der Waals surface area contributed by atoms with E-state index < -0.39 is 16.1 Å². The van der Waals surface area contributed by atoms with Crippen molar-refractivity contribution in [1.82, 2.24) is 5.32 Å². The molecule has 0 radical (unpaired) electrons. The number of hydrogen-bond donors (Lipinski definition) is 3. The average molecular weight is 251 g/mol. The first-order chi connectivity index (χ1) is 7.04. The zero-order chi connectivity index (χ0) is 13.0. The van der Waals surface area contributed by atoms with E-state index in [2.05, 4.69) is 5.32 Å². The van der Waals surface area contributed by atoms with Crippen LogP contribution < -0.4 is 16.2 Å². The van der Waals surface area contributed by atoms with Crippen LogP contribution in [0.25, 0.3) is 0 Å². The Morgan fingerprint density at radius 1 is 1.38 bits per heavy atom. The van der Waals surface area contributed by atoms with Crippen LogP contribution in [0.5, 0.6) is 0 Å². The molecule has 0 aliphatic heterocycles. The highest BCUT2D eigenvalue weighted by Gasteiger charge is 2.26. The van der Waals surface area contributed by atoms with Gasteiger partial charge in [0.15, 0.2) is 0 Å². The number of carbonyl (C=O) groups excluding carboxylic acids is 1. The van der Waals surface area contributed by atoms with Crippen molar-refractivity contribution in [3.05, 3.63) is 0 Å². The molecule has 0 aliphatic carbocycles. The summed E-state index contributed by atoms with van der Waals surface area (Å²) in [4.78, 5) is 11.5. The third-order valence-electron chi connectivity index (χ3n) is 2.12. The lowest BCUT2D eigenvalue weighted by Crippen LogP contribution is -2.48. The smallest absolute Gasteiger partial charge is 0.237 e. The van der Waals surface area contributed by atoms with Crippen molar-refractivity contribution in [1.29, 1.82) is 0 Å². The van der Waals surface area contributed by atoms with Gasteiger partial charge in [0.05, 0.1) is 11.8 Å². The molecule has 0 heterocycles. The van der Waals surface area contributed by atoms with Gasteiger partial charge in [-0.15, -0.1) is 0 Å². The van der Waals surface area contributed by atoms with Gasteiger partial charge in [-0.1, -0.05) is 20.8 Å². The molecule has 0 saturated carbocycles. The summed E-state index contributed by atoms with van der Waals surface area (Å²) >= 11 is 0. The third kappa shape index (κ3) is 6.76. The van der Waals surface area contributed by atoms with Gasteiger partial charge in [-0.2, -0.15) is 0 Å². The molecule has 1 atom stereocenters. The van der Waals surface area contributed by atoms with Crippen LogP contribution in [0.3, 0.4) is 0 Å². The Kier molecular flexibility index (Phi) is 5.37. The molecular formula is C9H21N3O3S. The van der Waals surface area contributed by atoms with Crippen molar-refractivity contribution in [2.24, 2.45) is 16.3 Å². The summed E-state index contributed by atoms with van der Waals surface area (Å²) in [5.41, 5.74) is 5.39. The molecule has 0 aromatic rings. The van der Waals surface area contributed by atoms with Crippen LogP contribution in [0.2, 0.25) is 0 Å². The van der Waals surface area contributed by atoms with Crippen LogP contribution >= 0.6 is 0 Å². The Labute approximate surface area is 96.8 Å². The Bertz CT molecular complexity index is 332. The number of hydrogen-bond acceptors (Lipinski definition) is 4. The highest BCUT2D eigenvalue weighted by atomic mass is 32.2. The number of nitrogens with one attached hydrogen (secondary N) is 1. The number of rotatable bonds is 5. The summed E-state index contributed by atoms with van der Waals surface area (Å²) in [6, 6.07) is -0.609. The Hall–Kier alpha value is -0.660. The van der Waals surface area contributed by atoms with Crippen LogP contribution in [0.15, 0.2) is 0 Å². The predicted molar refractivity (Wildman–Crippen MR) is 63.0 cm³/mol. The summed E-state index contributed by atoms with van der Waals surface area (Å²) in [5, 5.41) is 7.39. The van der Waals surface area contributed by atoms with Gasteiger partial charge in [-0.3, -0.25) is 4.79 Å². The molecule has 5 N–H and O–H groups in total. The van der Waals surface area contributed by atoms with Crippen molar-refractivity contribution < 1.29 is 13.2 Å². The first-order valence-corrected chi connectivity index (χ1v) is 6.79. The number of primary sulfonamides is 1. The topological polar surface area (TPSA) is 115 Å². The zero-order valence-electron chi connectivity index (χ0n) is 9.99. The van der Waals surface area contributed by atoms with Crippen LogP contribution in [-0.2, 0) is 14.8 Å². The summed E-state index contributed by atoms with van der Waals surface area (Å²) in [6.45, 7) is 5.85. The second-order valence-corrected chi connectivity index (χ2v) is 6.59. The molecule has 0 aliphatic rings. The van der Waals surface area contributed by atoms with Gasteiger partial charge in [0.2, 0.25) is 15.9 Å². The van der Waals surface area contributed by atoms with E-state index >= 15 is 0 Å². The van der Waals surface area contributed by atoms with Gasteiger partial charge in [0, 0.05) is 6.54 Å². The van der Waals surface area contributed by atoms with Gasteiger partial charge in [0.1, 0.15) is 0 Å². The van der Waals surface area contributed by atoms with Crippen LogP contribution in [0.1, 0.15) is 27.2 Å². The first-order valence-electron chi connectivity index (χ1n) is 5.08. The van der Waals surface area contributed by atoms with Gasteiger partial charge < -0.3 is 11.1 Å². The lowest BCUT2D eigenvalue weighted by atomic mass is 9.87. The first kappa shape index (κ1) is 15.3. The van der Waals surface area contributed by atoms with E-state index in [0.717, 1.165) is 0 Å². The molecule has 0 rings (SSSR count). The normalized spacial score (nSPS) is 14.6. The molecular weight excluding hydrogens is 230 g/mol. The molecule has 16 heavy (non-hydrogen) atoms. The van der Waals surface area contributed by atoms with Crippen molar-refractivity contribution in [3.63, 3.8) is 0 Å². The van der Waals surface area contributed by atoms with E-state index in [1.807, 2.05) is 20.8 Å². The molecule has 6 nitrogen and oxygen atoms in total. The van der Waals surface area contributed by atoms with E-state index in [-0.39, 0.29) is 23.6 Å². The molecule has 0 unspecified atom stereocenters. The fourth-order valence-electron chi connectivity index (χ4n) is 0.988. The van der Waals surface area contributed by atoms with Gasteiger partial charge in [-0.05, 0) is 11.8 Å². The lowest BCUT2D eigenvalue weighted by molar-refractivity contribution is -0.124. The maximum Gasteiger partial charge on any atom is 0.237 e. The number of sulfonamides is 1. The minimum absolute atomic E-state index is 0.141. The van der Waals surface area contributed by atoms with Crippen LogP contribution in [0.4, 0.5) is 0 Å². The van der Waals surface area contributed by atoms with Crippen molar-refractivity contribution in [2.45, 2.75) is 33.2 Å². The fraction of sp³-hybridized carbons (Fsp3) is 0.889. The summed E-state index contributed by atoms with van der Waals surface area (Å²) in [5.74, 6) is -0.417. The standard InChI is InChI=1S/C9H21N3O3S/c1-9(2,3)7(10)8(13)12-5-4-6-16(11,14)15/h7H,4-6,10H2,1-3H3,(H,12,13)(H2,11,14,15)/t7-/m0/s1. The quantitative estimate of drug-likeness (QED) is 0.552. The van der Waals surface area contributed by atoms with Crippen molar-refractivity contribution in [2.75, 3.05) is 12.3 Å². The number of amides is 1. The maximum atomic E-state index is 11.5. The summed E-state index contributed by atoms with van der Waals surface area (Å²) < 4.78 is 21.2. The maximum absolute atomic E-state index is 11.5. The SMILES string of the molecule is CC(C)(C)[C@@H](N)C(=O)NCCCS(N)(=O)=O. The van der Waals surface area contributed by atoms with Crippen molar-refractivity contribution in [3.8, 4) is 0 Å².